The molecule has 0 aliphatic carbocycles. The fourth-order valence-corrected chi connectivity index (χ4v) is 2.71. The fourth-order valence-electron chi connectivity index (χ4n) is 2.71. The van der Waals surface area contributed by atoms with Crippen molar-refractivity contribution in [1.82, 2.24) is 0 Å². The van der Waals surface area contributed by atoms with Crippen LogP contribution < -0.4 is 10.7 Å². The minimum absolute atomic E-state index is 0.0912. The number of para-hydroxylation sites is 1. The molecule has 1 heterocycles. The molecule has 4 aromatic rings. The summed E-state index contributed by atoms with van der Waals surface area (Å²) < 4.78 is 19.5. The quantitative estimate of drug-likeness (QED) is 0.555. The first-order valence-electron chi connectivity index (χ1n) is 7.65. The van der Waals surface area contributed by atoms with Crippen molar-refractivity contribution in [1.29, 1.82) is 0 Å². The van der Waals surface area contributed by atoms with Crippen LogP contribution in [0.5, 0.6) is 0 Å². The van der Waals surface area contributed by atoms with Crippen LogP contribution in [0.15, 0.2) is 75.9 Å². The second-order valence-electron chi connectivity index (χ2n) is 5.58. The molecular formula is C20H12FNO3. The van der Waals surface area contributed by atoms with E-state index in [1.165, 1.54) is 24.3 Å². The van der Waals surface area contributed by atoms with E-state index in [1.54, 1.807) is 36.4 Å². The topological polar surface area (TPSA) is 59.3 Å². The number of anilines is 1. The molecule has 0 aliphatic heterocycles. The average molecular weight is 333 g/mol. The molecule has 0 aliphatic rings. The fraction of sp³-hybridized carbons (Fsp3) is 0. The van der Waals surface area contributed by atoms with E-state index in [9.17, 15) is 14.0 Å². The standard InChI is InChI=1S/C20H12FNO3/c21-16-8-4-7-15-18(23)14-10-9-13(11-17(14)25-19(15)16)22-20(24)12-5-2-1-3-6-12/h1-11H,(H,22,24). The highest BCUT2D eigenvalue weighted by Crippen LogP contribution is 2.23. The highest BCUT2D eigenvalue weighted by atomic mass is 19.1. The molecule has 1 amide bonds. The zero-order valence-corrected chi connectivity index (χ0v) is 13.0. The van der Waals surface area contributed by atoms with E-state index in [2.05, 4.69) is 5.32 Å². The predicted octanol–water partition coefficient (Wildman–Crippen LogP) is 4.34. The van der Waals surface area contributed by atoms with Gasteiger partial charge in [-0.3, -0.25) is 9.59 Å². The third-order valence-corrected chi connectivity index (χ3v) is 3.94. The maximum Gasteiger partial charge on any atom is 0.255 e. The van der Waals surface area contributed by atoms with E-state index >= 15 is 0 Å². The van der Waals surface area contributed by atoms with Crippen molar-refractivity contribution in [3.05, 3.63) is 88.3 Å². The van der Waals surface area contributed by atoms with E-state index in [4.69, 9.17) is 4.42 Å². The molecule has 0 radical (unpaired) electrons. The van der Waals surface area contributed by atoms with Crippen molar-refractivity contribution in [2.24, 2.45) is 0 Å². The Hall–Kier alpha value is -3.47. The van der Waals surface area contributed by atoms with Gasteiger partial charge in [0.15, 0.2) is 11.4 Å². The largest absolute Gasteiger partial charge is 0.453 e. The Morgan fingerprint density at radius 2 is 1.72 bits per heavy atom. The van der Waals surface area contributed by atoms with Gasteiger partial charge in [0.25, 0.3) is 5.91 Å². The molecule has 1 N–H and O–H groups in total. The number of benzene rings is 3. The molecule has 0 spiro atoms. The van der Waals surface area contributed by atoms with Crippen LogP contribution in [-0.2, 0) is 0 Å². The van der Waals surface area contributed by atoms with Gasteiger partial charge in [0.2, 0.25) is 5.43 Å². The van der Waals surface area contributed by atoms with Crippen LogP contribution in [0.3, 0.4) is 0 Å². The van der Waals surface area contributed by atoms with Crippen molar-refractivity contribution in [2.45, 2.75) is 0 Å². The summed E-state index contributed by atoms with van der Waals surface area (Å²) in [5.41, 5.74) is 0.783. The van der Waals surface area contributed by atoms with Gasteiger partial charge >= 0.3 is 0 Å². The number of carbonyl (C=O) groups excluding carboxylic acids is 1. The molecule has 0 atom stereocenters. The van der Waals surface area contributed by atoms with Gasteiger partial charge in [-0.2, -0.15) is 0 Å². The van der Waals surface area contributed by atoms with Gasteiger partial charge in [-0.05, 0) is 36.4 Å². The second kappa shape index (κ2) is 5.87. The molecule has 0 saturated heterocycles. The number of rotatable bonds is 2. The van der Waals surface area contributed by atoms with Gasteiger partial charge in [0.05, 0.1) is 10.8 Å². The normalized spacial score (nSPS) is 10.9. The first kappa shape index (κ1) is 15.1. The predicted molar refractivity (Wildman–Crippen MR) is 94.3 cm³/mol. The minimum atomic E-state index is -0.602. The zero-order chi connectivity index (χ0) is 17.4. The molecule has 5 heteroatoms. The average Bonchev–Trinajstić information content (AvgIpc) is 2.63. The first-order chi connectivity index (χ1) is 12.1. The van der Waals surface area contributed by atoms with Gasteiger partial charge in [-0.25, -0.2) is 4.39 Å². The Kier molecular flexibility index (Phi) is 3.54. The van der Waals surface area contributed by atoms with Gasteiger partial charge in [-0.1, -0.05) is 24.3 Å². The Balaban J connectivity index is 1.80. The van der Waals surface area contributed by atoms with Crippen LogP contribution in [0.4, 0.5) is 10.1 Å². The molecule has 122 valence electrons. The van der Waals surface area contributed by atoms with E-state index in [-0.39, 0.29) is 27.9 Å². The molecule has 4 rings (SSSR count). The molecule has 0 unspecified atom stereocenters. The first-order valence-corrected chi connectivity index (χ1v) is 7.65. The lowest BCUT2D eigenvalue weighted by Crippen LogP contribution is -2.12. The third kappa shape index (κ3) is 2.65. The van der Waals surface area contributed by atoms with Crippen molar-refractivity contribution in [3.8, 4) is 0 Å². The molecule has 4 nitrogen and oxygen atoms in total. The SMILES string of the molecule is O=C(Nc1ccc2c(=O)c3cccc(F)c3oc2c1)c1ccccc1. The number of fused-ring (bicyclic) bond motifs is 2. The summed E-state index contributed by atoms with van der Waals surface area (Å²) in [7, 11) is 0. The van der Waals surface area contributed by atoms with E-state index in [1.807, 2.05) is 6.07 Å². The number of hydrogen-bond acceptors (Lipinski definition) is 3. The molecular weight excluding hydrogens is 321 g/mol. The van der Waals surface area contributed by atoms with E-state index in [0.29, 0.717) is 16.6 Å². The monoisotopic (exact) mass is 333 g/mol. The van der Waals surface area contributed by atoms with E-state index < -0.39 is 5.82 Å². The van der Waals surface area contributed by atoms with E-state index in [0.717, 1.165) is 0 Å². The van der Waals surface area contributed by atoms with Crippen molar-refractivity contribution in [2.75, 3.05) is 5.32 Å². The van der Waals surface area contributed by atoms with Crippen LogP contribution >= 0.6 is 0 Å². The third-order valence-electron chi connectivity index (χ3n) is 3.94. The van der Waals surface area contributed by atoms with Gasteiger partial charge < -0.3 is 9.73 Å². The summed E-state index contributed by atoms with van der Waals surface area (Å²) in [6.07, 6.45) is 0. The summed E-state index contributed by atoms with van der Waals surface area (Å²) in [4.78, 5) is 24.7. The number of nitrogens with one attached hydrogen (secondary N) is 1. The highest BCUT2D eigenvalue weighted by Gasteiger charge is 2.12. The summed E-state index contributed by atoms with van der Waals surface area (Å²) in [5.74, 6) is -0.885. The maximum absolute atomic E-state index is 13.9. The Morgan fingerprint density at radius 3 is 2.52 bits per heavy atom. The molecule has 0 fully saturated rings. The molecule has 3 aromatic carbocycles. The summed E-state index contributed by atoms with van der Waals surface area (Å²) >= 11 is 0. The van der Waals surface area contributed by atoms with Gasteiger partial charge in [0, 0.05) is 17.3 Å². The number of carbonyl (C=O) groups is 1. The summed E-state index contributed by atoms with van der Waals surface area (Å²) in [5, 5.41) is 3.26. The number of hydrogen-bond donors (Lipinski definition) is 1. The smallest absolute Gasteiger partial charge is 0.255 e. The Morgan fingerprint density at radius 1 is 0.920 bits per heavy atom. The highest BCUT2D eigenvalue weighted by molar-refractivity contribution is 6.05. The zero-order valence-electron chi connectivity index (χ0n) is 13.0. The Labute approximate surface area is 141 Å². The maximum atomic E-state index is 13.9. The second-order valence-corrected chi connectivity index (χ2v) is 5.58. The van der Waals surface area contributed by atoms with Crippen LogP contribution in [0.1, 0.15) is 10.4 Å². The van der Waals surface area contributed by atoms with Gasteiger partial charge in [-0.15, -0.1) is 0 Å². The van der Waals surface area contributed by atoms with Crippen LogP contribution in [0, 0.1) is 5.82 Å². The molecule has 25 heavy (non-hydrogen) atoms. The van der Waals surface area contributed by atoms with Crippen molar-refractivity contribution < 1.29 is 13.6 Å². The molecule has 1 aromatic heterocycles. The van der Waals surface area contributed by atoms with Crippen LogP contribution in [0.25, 0.3) is 21.9 Å². The minimum Gasteiger partial charge on any atom is -0.453 e. The van der Waals surface area contributed by atoms with Crippen molar-refractivity contribution in [3.63, 3.8) is 0 Å². The van der Waals surface area contributed by atoms with Gasteiger partial charge in [0.1, 0.15) is 5.58 Å². The molecule has 0 saturated carbocycles. The lowest BCUT2D eigenvalue weighted by molar-refractivity contribution is 0.102. The lowest BCUT2D eigenvalue weighted by Gasteiger charge is -2.07. The van der Waals surface area contributed by atoms with Crippen LogP contribution in [-0.4, -0.2) is 5.91 Å². The lowest BCUT2D eigenvalue weighted by atomic mass is 10.1. The number of amides is 1. The molecule has 0 bridgehead atoms. The number of halogens is 1. The summed E-state index contributed by atoms with van der Waals surface area (Å²) in [6, 6.07) is 17.7. The van der Waals surface area contributed by atoms with Crippen LogP contribution in [0.2, 0.25) is 0 Å². The Bertz CT molecular complexity index is 1170. The summed E-state index contributed by atoms with van der Waals surface area (Å²) in [6.45, 7) is 0. The van der Waals surface area contributed by atoms with Crippen molar-refractivity contribution >= 4 is 33.5 Å².